The molecule has 5 nitrogen and oxygen atoms in total. The lowest BCUT2D eigenvalue weighted by Crippen LogP contribution is -2.48. The van der Waals surface area contributed by atoms with Gasteiger partial charge in [-0.25, -0.2) is 0 Å². The second-order valence-electron chi connectivity index (χ2n) is 5.60. The highest BCUT2D eigenvalue weighted by Gasteiger charge is 2.28. The Bertz CT molecular complexity index is 298. The predicted octanol–water partition coefficient (Wildman–Crippen LogP) is 1.04. The molecule has 0 saturated carbocycles. The number of aliphatic carboxylic acids is 1. The van der Waals surface area contributed by atoms with Crippen molar-refractivity contribution in [3.63, 3.8) is 0 Å². The summed E-state index contributed by atoms with van der Waals surface area (Å²) in [6, 6.07) is 0.608. The molecule has 2 heterocycles. The van der Waals surface area contributed by atoms with Crippen LogP contribution in [-0.2, 0) is 9.53 Å². The molecule has 0 radical (unpaired) electrons. The van der Waals surface area contributed by atoms with Gasteiger partial charge in [-0.1, -0.05) is 6.92 Å². The molecule has 110 valence electrons. The first-order chi connectivity index (χ1) is 9.19. The Hall–Kier alpha value is -0.650. The lowest BCUT2D eigenvalue weighted by Gasteiger charge is -2.37. The van der Waals surface area contributed by atoms with Crippen LogP contribution >= 0.6 is 0 Å². The molecule has 5 heteroatoms. The van der Waals surface area contributed by atoms with E-state index >= 15 is 0 Å². The van der Waals surface area contributed by atoms with Crippen molar-refractivity contribution in [1.82, 2.24) is 9.80 Å². The van der Waals surface area contributed by atoms with E-state index in [1.165, 1.54) is 32.4 Å². The Morgan fingerprint density at radius 1 is 1.32 bits per heavy atom. The molecule has 0 aromatic carbocycles. The summed E-state index contributed by atoms with van der Waals surface area (Å²) >= 11 is 0. The summed E-state index contributed by atoms with van der Waals surface area (Å²) in [7, 11) is 0. The fourth-order valence-electron chi connectivity index (χ4n) is 3.21. The lowest BCUT2D eigenvalue weighted by atomic mass is 10.1. The Kier molecular flexibility index (Phi) is 5.60. The van der Waals surface area contributed by atoms with Crippen LogP contribution in [0.4, 0.5) is 0 Å². The quantitative estimate of drug-likeness (QED) is 0.827. The van der Waals surface area contributed by atoms with Gasteiger partial charge in [-0.2, -0.15) is 0 Å². The minimum atomic E-state index is -0.759. The van der Waals surface area contributed by atoms with Crippen LogP contribution in [0.5, 0.6) is 0 Å². The van der Waals surface area contributed by atoms with Gasteiger partial charge in [0, 0.05) is 19.1 Å². The van der Waals surface area contributed by atoms with Gasteiger partial charge in [0.15, 0.2) is 0 Å². The van der Waals surface area contributed by atoms with Gasteiger partial charge in [-0.15, -0.1) is 0 Å². The van der Waals surface area contributed by atoms with Gasteiger partial charge in [0.2, 0.25) is 0 Å². The minimum absolute atomic E-state index is 0.128. The normalized spacial score (nSPS) is 31.0. The molecule has 1 N–H and O–H groups in total. The number of nitrogens with zero attached hydrogens (tertiary/aromatic N) is 2. The number of rotatable bonds is 4. The second-order valence-corrected chi connectivity index (χ2v) is 5.60. The summed E-state index contributed by atoms with van der Waals surface area (Å²) in [5, 5.41) is 8.87. The van der Waals surface area contributed by atoms with Crippen LogP contribution in [0.3, 0.4) is 0 Å². The van der Waals surface area contributed by atoms with Crippen LogP contribution in [0.2, 0.25) is 0 Å². The molecule has 2 aliphatic heterocycles. The van der Waals surface area contributed by atoms with Crippen molar-refractivity contribution < 1.29 is 14.6 Å². The van der Waals surface area contributed by atoms with Gasteiger partial charge >= 0.3 is 5.97 Å². The zero-order valence-corrected chi connectivity index (χ0v) is 11.9. The van der Waals surface area contributed by atoms with Crippen molar-refractivity contribution in [1.29, 1.82) is 0 Å². The number of ether oxygens (including phenoxy) is 1. The molecule has 0 aromatic heterocycles. The average molecular weight is 270 g/mol. The first-order valence-corrected chi connectivity index (χ1v) is 7.49. The van der Waals surface area contributed by atoms with E-state index in [2.05, 4.69) is 16.7 Å². The molecule has 0 aromatic rings. The Balaban J connectivity index is 1.84. The fourth-order valence-corrected chi connectivity index (χ4v) is 3.21. The minimum Gasteiger partial charge on any atom is -0.481 e. The van der Waals surface area contributed by atoms with Crippen LogP contribution in [0.15, 0.2) is 0 Å². The molecule has 0 aliphatic carbocycles. The van der Waals surface area contributed by atoms with E-state index in [1.54, 1.807) is 0 Å². The van der Waals surface area contributed by atoms with Gasteiger partial charge in [0.05, 0.1) is 19.1 Å². The molecule has 2 atom stereocenters. The summed E-state index contributed by atoms with van der Waals surface area (Å²) in [6.07, 6.45) is 3.69. The van der Waals surface area contributed by atoms with Crippen molar-refractivity contribution in [2.45, 2.75) is 44.8 Å². The highest BCUT2D eigenvalue weighted by atomic mass is 16.5. The summed E-state index contributed by atoms with van der Waals surface area (Å²) < 4.78 is 5.55. The van der Waals surface area contributed by atoms with Crippen LogP contribution in [0.1, 0.15) is 32.6 Å². The fraction of sp³-hybridized carbons (Fsp3) is 0.929. The third-order valence-electron chi connectivity index (χ3n) is 4.33. The maximum Gasteiger partial charge on any atom is 0.306 e. The molecule has 2 fully saturated rings. The van der Waals surface area contributed by atoms with Crippen LogP contribution < -0.4 is 0 Å². The van der Waals surface area contributed by atoms with Crippen LogP contribution in [0.25, 0.3) is 0 Å². The van der Waals surface area contributed by atoms with E-state index in [4.69, 9.17) is 9.84 Å². The molecule has 2 unspecified atom stereocenters. The molecule has 0 spiro atoms. The summed E-state index contributed by atoms with van der Waals surface area (Å²) in [6.45, 7) is 8.13. The zero-order valence-electron chi connectivity index (χ0n) is 11.9. The molecule has 2 aliphatic rings. The highest BCUT2D eigenvalue weighted by molar-refractivity contribution is 5.67. The number of morpholine rings is 1. The summed E-state index contributed by atoms with van der Waals surface area (Å²) in [5.41, 5.74) is 0. The molecule has 0 amide bonds. The largest absolute Gasteiger partial charge is 0.481 e. The number of hydrogen-bond acceptors (Lipinski definition) is 4. The Morgan fingerprint density at radius 3 is 2.89 bits per heavy atom. The molecule has 0 bridgehead atoms. The van der Waals surface area contributed by atoms with Gasteiger partial charge in [0.25, 0.3) is 0 Å². The van der Waals surface area contributed by atoms with Crippen molar-refractivity contribution >= 4 is 5.97 Å². The van der Waals surface area contributed by atoms with Gasteiger partial charge in [-0.05, 0) is 38.9 Å². The smallest absolute Gasteiger partial charge is 0.306 e. The summed E-state index contributed by atoms with van der Waals surface area (Å²) in [5.74, 6) is -0.759. The molecule has 19 heavy (non-hydrogen) atoms. The lowest BCUT2D eigenvalue weighted by molar-refractivity contribution is -0.142. The highest BCUT2D eigenvalue weighted by Crippen LogP contribution is 2.20. The van der Waals surface area contributed by atoms with Crippen molar-refractivity contribution in [2.24, 2.45) is 0 Å². The van der Waals surface area contributed by atoms with E-state index in [-0.39, 0.29) is 12.5 Å². The Labute approximate surface area is 115 Å². The first kappa shape index (κ1) is 14.8. The van der Waals surface area contributed by atoms with Gasteiger partial charge < -0.3 is 14.7 Å². The monoisotopic (exact) mass is 270 g/mol. The average Bonchev–Trinajstić information content (AvgIpc) is 2.63. The molecular formula is C14H26N2O3. The second kappa shape index (κ2) is 7.22. The topological polar surface area (TPSA) is 53.0 Å². The maximum atomic E-state index is 10.8. The third kappa shape index (κ3) is 4.44. The number of likely N-dealkylation sites (tertiary alicyclic amines) is 1. The van der Waals surface area contributed by atoms with E-state index in [9.17, 15) is 4.79 Å². The third-order valence-corrected chi connectivity index (χ3v) is 4.33. The predicted molar refractivity (Wildman–Crippen MR) is 73.3 cm³/mol. The molecular weight excluding hydrogens is 244 g/mol. The number of carboxylic acid groups (broad SMARTS) is 1. The van der Waals surface area contributed by atoms with Crippen molar-refractivity contribution in [2.75, 3.05) is 39.3 Å². The first-order valence-electron chi connectivity index (χ1n) is 7.49. The van der Waals surface area contributed by atoms with E-state index in [0.29, 0.717) is 12.6 Å². The standard InChI is InChI=1S/C14H26N2O3/c1-2-15-6-3-4-12(5-7-15)16-8-9-19-13(11-16)10-14(17)18/h12-13H,2-11H2,1H3,(H,17,18). The van der Waals surface area contributed by atoms with Crippen molar-refractivity contribution in [3.05, 3.63) is 0 Å². The van der Waals surface area contributed by atoms with Crippen LogP contribution in [0, 0.1) is 0 Å². The summed E-state index contributed by atoms with van der Waals surface area (Å²) in [4.78, 5) is 15.7. The number of carboxylic acids is 1. The van der Waals surface area contributed by atoms with Gasteiger partial charge in [0.1, 0.15) is 0 Å². The molecule has 2 rings (SSSR count). The zero-order chi connectivity index (χ0) is 13.7. The number of hydrogen-bond donors (Lipinski definition) is 1. The Morgan fingerprint density at radius 2 is 2.16 bits per heavy atom. The van der Waals surface area contributed by atoms with Crippen LogP contribution in [-0.4, -0.2) is 72.4 Å². The van der Waals surface area contributed by atoms with E-state index in [1.807, 2.05) is 0 Å². The van der Waals surface area contributed by atoms with E-state index in [0.717, 1.165) is 19.6 Å². The maximum absolute atomic E-state index is 10.8. The molecule has 2 saturated heterocycles. The van der Waals surface area contributed by atoms with Crippen molar-refractivity contribution in [3.8, 4) is 0 Å². The van der Waals surface area contributed by atoms with E-state index < -0.39 is 5.97 Å². The SMILES string of the molecule is CCN1CCCC(N2CCOC(CC(=O)O)C2)CC1. The van der Waals surface area contributed by atoms with Gasteiger partial charge in [-0.3, -0.25) is 9.69 Å². The number of carbonyl (C=O) groups is 1.